The van der Waals surface area contributed by atoms with Crippen molar-refractivity contribution >= 4 is 5.97 Å². The molecule has 0 spiro atoms. The van der Waals surface area contributed by atoms with Crippen LogP contribution in [0.2, 0.25) is 0 Å². The molecule has 0 bridgehead atoms. The predicted molar refractivity (Wildman–Crippen MR) is 78.0 cm³/mol. The third-order valence-electron chi connectivity index (χ3n) is 5.33. The Bertz CT molecular complexity index is 294. The Morgan fingerprint density at radius 3 is 1.89 bits per heavy atom. The lowest BCUT2D eigenvalue weighted by Crippen LogP contribution is -2.24. The summed E-state index contributed by atoms with van der Waals surface area (Å²) < 4.78 is 0. The number of carboxylic acids is 1. The monoisotopic (exact) mass is 264 g/mol. The summed E-state index contributed by atoms with van der Waals surface area (Å²) in [6, 6.07) is 0. The molecule has 0 radical (unpaired) electrons. The van der Waals surface area contributed by atoms with Crippen molar-refractivity contribution in [1.29, 1.82) is 0 Å². The fourth-order valence-corrected chi connectivity index (χ4v) is 4.06. The van der Waals surface area contributed by atoms with Crippen LogP contribution in [0.4, 0.5) is 0 Å². The fraction of sp³-hybridized carbons (Fsp3) is 0.824. The van der Waals surface area contributed by atoms with Gasteiger partial charge in [-0.25, -0.2) is 0 Å². The summed E-state index contributed by atoms with van der Waals surface area (Å²) in [7, 11) is 0. The van der Waals surface area contributed by atoms with Crippen molar-refractivity contribution in [2.75, 3.05) is 0 Å². The van der Waals surface area contributed by atoms with E-state index < -0.39 is 5.97 Å². The smallest absolute Gasteiger partial charge is 0.306 e. The van der Waals surface area contributed by atoms with E-state index in [9.17, 15) is 4.79 Å². The number of carbonyl (C=O) groups is 1. The third-order valence-corrected chi connectivity index (χ3v) is 5.33. The van der Waals surface area contributed by atoms with Gasteiger partial charge in [0.25, 0.3) is 0 Å². The number of rotatable bonds is 5. The van der Waals surface area contributed by atoms with Gasteiger partial charge in [0, 0.05) is 0 Å². The molecule has 0 atom stereocenters. The molecule has 1 N–H and O–H groups in total. The second kappa shape index (κ2) is 7.12. The topological polar surface area (TPSA) is 37.3 Å². The SMILES string of the molecule is C=CCC1CCC(CC2CCC(C(=O)O)CC2)CC1. The van der Waals surface area contributed by atoms with Gasteiger partial charge in [0.1, 0.15) is 0 Å². The Kier molecular flexibility index (Phi) is 5.47. The first kappa shape index (κ1) is 14.6. The number of allylic oxidation sites excluding steroid dienone is 1. The molecule has 2 aliphatic carbocycles. The summed E-state index contributed by atoms with van der Waals surface area (Å²) in [6.45, 7) is 3.84. The molecule has 19 heavy (non-hydrogen) atoms. The molecule has 108 valence electrons. The lowest BCUT2D eigenvalue weighted by Gasteiger charge is -2.33. The van der Waals surface area contributed by atoms with Gasteiger partial charge in [0.2, 0.25) is 0 Å². The van der Waals surface area contributed by atoms with Crippen molar-refractivity contribution in [3.05, 3.63) is 12.7 Å². The van der Waals surface area contributed by atoms with Gasteiger partial charge in [-0.1, -0.05) is 18.9 Å². The fourth-order valence-electron chi connectivity index (χ4n) is 4.06. The van der Waals surface area contributed by atoms with Crippen molar-refractivity contribution in [2.45, 2.75) is 64.2 Å². The highest BCUT2D eigenvalue weighted by molar-refractivity contribution is 5.69. The Morgan fingerprint density at radius 1 is 0.947 bits per heavy atom. The maximum atomic E-state index is 10.9. The van der Waals surface area contributed by atoms with Gasteiger partial charge in [-0.15, -0.1) is 6.58 Å². The van der Waals surface area contributed by atoms with Crippen molar-refractivity contribution in [1.82, 2.24) is 0 Å². The van der Waals surface area contributed by atoms with Crippen molar-refractivity contribution < 1.29 is 9.90 Å². The lowest BCUT2D eigenvalue weighted by atomic mass is 9.73. The summed E-state index contributed by atoms with van der Waals surface area (Å²) >= 11 is 0. The maximum absolute atomic E-state index is 10.9. The summed E-state index contributed by atoms with van der Waals surface area (Å²) in [5.74, 6) is 1.96. The highest BCUT2D eigenvalue weighted by Gasteiger charge is 2.28. The number of hydrogen-bond acceptors (Lipinski definition) is 1. The largest absolute Gasteiger partial charge is 0.481 e. The average Bonchev–Trinajstić information content (AvgIpc) is 2.42. The Labute approximate surface area is 117 Å². The number of hydrogen-bond donors (Lipinski definition) is 1. The van der Waals surface area contributed by atoms with Gasteiger partial charge < -0.3 is 5.11 Å². The van der Waals surface area contributed by atoms with Gasteiger partial charge in [-0.3, -0.25) is 4.79 Å². The molecule has 0 amide bonds. The molecule has 0 aromatic carbocycles. The molecular weight excluding hydrogens is 236 g/mol. The van der Waals surface area contributed by atoms with Crippen molar-refractivity contribution in [3.63, 3.8) is 0 Å². The highest BCUT2D eigenvalue weighted by Crippen LogP contribution is 2.39. The van der Waals surface area contributed by atoms with Crippen LogP contribution in [-0.4, -0.2) is 11.1 Å². The van der Waals surface area contributed by atoms with Crippen LogP contribution in [0.15, 0.2) is 12.7 Å². The minimum absolute atomic E-state index is 0.0559. The minimum Gasteiger partial charge on any atom is -0.481 e. The molecule has 2 rings (SSSR count). The van der Waals surface area contributed by atoms with E-state index in [0.717, 1.165) is 43.4 Å². The Morgan fingerprint density at radius 2 is 1.42 bits per heavy atom. The van der Waals surface area contributed by atoms with E-state index in [1.165, 1.54) is 38.5 Å². The minimum atomic E-state index is -0.580. The van der Waals surface area contributed by atoms with Crippen LogP contribution < -0.4 is 0 Å². The lowest BCUT2D eigenvalue weighted by molar-refractivity contribution is -0.143. The highest BCUT2D eigenvalue weighted by atomic mass is 16.4. The van der Waals surface area contributed by atoms with Gasteiger partial charge in [-0.05, 0) is 69.1 Å². The molecule has 0 aromatic heterocycles. The molecule has 0 aliphatic heterocycles. The molecule has 0 heterocycles. The number of carboxylic acid groups (broad SMARTS) is 1. The molecule has 2 fully saturated rings. The molecule has 2 saturated carbocycles. The summed E-state index contributed by atoms with van der Waals surface area (Å²) in [5, 5.41) is 9.02. The molecule has 0 unspecified atom stereocenters. The molecule has 2 aliphatic rings. The zero-order valence-electron chi connectivity index (χ0n) is 12.0. The van der Waals surface area contributed by atoms with E-state index in [1.54, 1.807) is 0 Å². The van der Waals surface area contributed by atoms with Gasteiger partial charge >= 0.3 is 5.97 Å². The second-order valence-electron chi connectivity index (χ2n) is 6.70. The molecule has 2 nitrogen and oxygen atoms in total. The van der Waals surface area contributed by atoms with Gasteiger partial charge in [0.15, 0.2) is 0 Å². The van der Waals surface area contributed by atoms with Crippen LogP contribution in [0, 0.1) is 23.7 Å². The predicted octanol–water partition coefficient (Wildman–Crippen LogP) is 4.65. The van der Waals surface area contributed by atoms with Gasteiger partial charge in [-0.2, -0.15) is 0 Å². The summed E-state index contributed by atoms with van der Waals surface area (Å²) in [4.78, 5) is 10.9. The normalized spacial score (nSPS) is 35.8. The van der Waals surface area contributed by atoms with E-state index in [1.807, 2.05) is 0 Å². The van der Waals surface area contributed by atoms with E-state index >= 15 is 0 Å². The van der Waals surface area contributed by atoms with Crippen molar-refractivity contribution in [2.24, 2.45) is 23.7 Å². The van der Waals surface area contributed by atoms with Crippen LogP contribution in [0.1, 0.15) is 64.2 Å². The molecular formula is C17H28O2. The second-order valence-corrected chi connectivity index (χ2v) is 6.70. The zero-order valence-corrected chi connectivity index (χ0v) is 12.0. The van der Waals surface area contributed by atoms with Crippen LogP contribution >= 0.6 is 0 Å². The van der Waals surface area contributed by atoms with Crippen LogP contribution in [0.25, 0.3) is 0 Å². The van der Waals surface area contributed by atoms with E-state index in [-0.39, 0.29) is 5.92 Å². The first-order valence-corrected chi connectivity index (χ1v) is 8.02. The third kappa shape index (κ3) is 4.36. The van der Waals surface area contributed by atoms with Crippen LogP contribution in [0.5, 0.6) is 0 Å². The summed E-state index contributed by atoms with van der Waals surface area (Å²) in [5.41, 5.74) is 0. The maximum Gasteiger partial charge on any atom is 0.306 e. The van der Waals surface area contributed by atoms with Crippen LogP contribution in [-0.2, 0) is 4.79 Å². The first-order chi connectivity index (χ1) is 9.19. The summed E-state index contributed by atoms with van der Waals surface area (Å²) in [6.07, 6.45) is 14.2. The molecule has 0 aromatic rings. The molecule has 0 saturated heterocycles. The van der Waals surface area contributed by atoms with E-state index in [2.05, 4.69) is 12.7 Å². The van der Waals surface area contributed by atoms with E-state index in [4.69, 9.17) is 5.11 Å². The Hall–Kier alpha value is -0.790. The quantitative estimate of drug-likeness (QED) is 0.734. The standard InChI is InChI=1S/C17H28O2/c1-2-3-13-4-6-14(7-5-13)12-15-8-10-16(11-9-15)17(18)19/h2,13-16H,1,3-12H2,(H,18,19). The van der Waals surface area contributed by atoms with E-state index in [0.29, 0.717) is 0 Å². The zero-order chi connectivity index (χ0) is 13.7. The first-order valence-electron chi connectivity index (χ1n) is 8.02. The average molecular weight is 264 g/mol. The van der Waals surface area contributed by atoms with Crippen LogP contribution in [0.3, 0.4) is 0 Å². The van der Waals surface area contributed by atoms with Gasteiger partial charge in [0.05, 0.1) is 5.92 Å². The Balaban J connectivity index is 1.66. The molecule has 2 heteroatoms. The van der Waals surface area contributed by atoms with Crippen molar-refractivity contribution in [3.8, 4) is 0 Å². The number of aliphatic carboxylic acids is 1.